The zero-order chi connectivity index (χ0) is 34.7. The lowest BCUT2D eigenvalue weighted by atomic mass is 9.96. The van der Waals surface area contributed by atoms with Crippen LogP contribution in [0.15, 0.2) is 0 Å². The SMILES string of the molecule is CO[C@@H]1C(CO)O[C@H](O[C@@H]2C(CO[C@H]3OC(CO)[C@@H](OC)[C@H](O)C3O)O[C@H](O[C@@H]3C(CO)O[C@H](O)C(O)[C@H]3O)C(O)[C@H]2O)C(O)[C@H]1O. The van der Waals surface area contributed by atoms with Gasteiger partial charge in [-0.15, -0.1) is 0 Å². The monoisotopic (exact) mass is 694 g/mol. The first kappa shape index (κ1) is 39.0. The second kappa shape index (κ2) is 16.9. The van der Waals surface area contributed by atoms with Crippen LogP contribution in [-0.2, 0) is 42.6 Å². The Morgan fingerprint density at radius 2 is 0.787 bits per heavy atom. The summed E-state index contributed by atoms with van der Waals surface area (Å²) in [7, 11) is 2.43. The lowest BCUT2D eigenvalue weighted by Gasteiger charge is -2.48. The number of hydrogen-bond acceptors (Lipinski definition) is 21. The third-order valence-corrected chi connectivity index (χ3v) is 8.67. The smallest absolute Gasteiger partial charge is 0.187 e. The van der Waals surface area contributed by atoms with Crippen molar-refractivity contribution < 1.29 is 104 Å². The molecule has 4 aliphatic rings. The molecule has 0 spiro atoms. The molecule has 4 aliphatic heterocycles. The highest BCUT2D eigenvalue weighted by molar-refractivity contribution is 4.97. The summed E-state index contributed by atoms with van der Waals surface area (Å²) in [5.74, 6) is 0. The number of methoxy groups -OCH3 is 2. The topological polar surface area (TPSA) is 326 Å². The van der Waals surface area contributed by atoms with Crippen LogP contribution in [0.2, 0.25) is 0 Å². The molecule has 20 atom stereocenters. The first-order valence-electron chi connectivity index (χ1n) is 14.9. The van der Waals surface area contributed by atoms with Crippen molar-refractivity contribution in [1.29, 1.82) is 0 Å². The third kappa shape index (κ3) is 8.06. The van der Waals surface area contributed by atoms with Crippen molar-refractivity contribution in [3.05, 3.63) is 0 Å². The summed E-state index contributed by atoms with van der Waals surface area (Å²) in [4.78, 5) is 0. The van der Waals surface area contributed by atoms with E-state index in [4.69, 9.17) is 42.6 Å². The van der Waals surface area contributed by atoms with Gasteiger partial charge in [-0.2, -0.15) is 0 Å². The number of hydrogen-bond donors (Lipinski definition) is 12. The molecule has 0 aliphatic carbocycles. The molecule has 0 radical (unpaired) electrons. The van der Waals surface area contributed by atoms with Gasteiger partial charge in [-0.05, 0) is 0 Å². The molecule has 47 heavy (non-hydrogen) atoms. The zero-order valence-corrected chi connectivity index (χ0v) is 25.4. The van der Waals surface area contributed by atoms with Crippen LogP contribution in [0.1, 0.15) is 0 Å². The fourth-order valence-electron chi connectivity index (χ4n) is 5.99. The van der Waals surface area contributed by atoms with Crippen LogP contribution in [0.3, 0.4) is 0 Å². The summed E-state index contributed by atoms with van der Waals surface area (Å²) < 4.78 is 49.2. The van der Waals surface area contributed by atoms with Crippen LogP contribution in [0, 0.1) is 0 Å². The molecule has 4 saturated heterocycles. The first-order chi connectivity index (χ1) is 22.3. The van der Waals surface area contributed by atoms with E-state index in [-0.39, 0.29) is 0 Å². The molecule has 276 valence electrons. The quantitative estimate of drug-likeness (QED) is 0.0902. The third-order valence-electron chi connectivity index (χ3n) is 8.67. The van der Waals surface area contributed by atoms with E-state index in [1.807, 2.05) is 0 Å². The summed E-state index contributed by atoms with van der Waals surface area (Å²) in [5.41, 5.74) is 0. The zero-order valence-electron chi connectivity index (χ0n) is 25.4. The molecular weight excluding hydrogens is 648 g/mol. The second-order valence-corrected chi connectivity index (χ2v) is 11.6. The predicted molar refractivity (Wildman–Crippen MR) is 143 cm³/mol. The Bertz CT molecular complexity index is 944. The van der Waals surface area contributed by atoms with Crippen LogP contribution in [0.5, 0.6) is 0 Å². The molecule has 0 aromatic heterocycles. The van der Waals surface area contributed by atoms with Gasteiger partial charge in [0.15, 0.2) is 25.2 Å². The van der Waals surface area contributed by atoms with E-state index in [9.17, 15) is 61.3 Å². The van der Waals surface area contributed by atoms with E-state index < -0.39 is 149 Å². The fraction of sp³-hybridized carbons (Fsp3) is 1.00. The normalized spacial score (nSPS) is 51.2. The maximum absolute atomic E-state index is 11.2. The molecule has 8 unspecified atom stereocenters. The van der Waals surface area contributed by atoms with Crippen molar-refractivity contribution in [2.75, 3.05) is 40.6 Å². The van der Waals surface area contributed by atoms with Crippen molar-refractivity contribution in [3.8, 4) is 0 Å². The van der Waals surface area contributed by atoms with Crippen LogP contribution in [0.25, 0.3) is 0 Å². The van der Waals surface area contributed by atoms with E-state index in [2.05, 4.69) is 0 Å². The summed E-state index contributed by atoms with van der Waals surface area (Å²) in [6, 6.07) is 0. The van der Waals surface area contributed by atoms with Gasteiger partial charge in [-0.3, -0.25) is 0 Å². The van der Waals surface area contributed by atoms with Crippen molar-refractivity contribution >= 4 is 0 Å². The molecule has 0 bridgehead atoms. The van der Waals surface area contributed by atoms with Gasteiger partial charge in [0.25, 0.3) is 0 Å². The van der Waals surface area contributed by atoms with Gasteiger partial charge in [0, 0.05) is 14.2 Å². The molecule has 4 rings (SSSR count). The van der Waals surface area contributed by atoms with Gasteiger partial charge in [0.05, 0.1) is 26.4 Å². The maximum Gasteiger partial charge on any atom is 0.187 e. The molecule has 0 saturated carbocycles. The van der Waals surface area contributed by atoms with Crippen LogP contribution < -0.4 is 0 Å². The van der Waals surface area contributed by atoms with Gasteiger partial charge in [-0.25, -0.2) is 0 Å². The van der Waals surface area contributed by atoms with Crippen molar-refractivity contribution in [2.45, 2.75) is 123 Å². The van der Waals surface area contributed by atoms with Crippen molar-refractivity contribution in [3.63, 3.8) is 0 Å². The van der Waals surface area contributed by atoms with E-state index >= 15 is 0 Å². The molecule has 21 nitrogen and oxygen atoms in total. The summed E-state index contributed by atoms with van der Waals surface area (Å²) in [5, 5.41) is 124. The highest BCUT2D eigenvalue weighted by Crippen LogP contribution is 2.33. The van der Waals surface area contributed by atoms with Crippen LogP contribution in [-0.4, -0.2) is 225 Å². The van der Waals surface area contributed by atoms with E-state index in [1.165, 1.54) is 14.2 Å². The van der Waals surface area contributed by atoms with E-state index in [1.54, 1.807) is 0 Å². The van der Waals surface area contributed by atoms with E-state index in [0.29, 0.717) is 0 Å². The lowest BCUT2D eigenvalue weighted by Crippen LogP contribution is -2.67. The average Bonchev–Trinajstić information content (AvgIpc) is 3.06. The Hall–Kier alpha value is -0.840. The molecule has 0 amide bonds. The van der Waals surface area contributed by atoms with Crippen molar-refractivity contribution in [1.82, 2.24) is 0 Å². The minimum absolute atomic E-state index is 0.638. The summed E-state index contributed by atoms with van der Waals surface area (Å²) in [6.45, 7) is -2.83. The van der Waals surface area contributed by atoms with Gasteiger partial charge >= 0.3 is 0 Å². The number of aliphatic hydroxyl groups is 12. The fourth-order valence-corrected chi connectivity index (χ4v) is 5.99. The Morgan fingerprint density at radius 1 is 0.426 bits per heavy atom. The molecule has 0 aromatic rings. The largest absolute Gasteiger partial charge is 0.394 e. The van der Waals surface area contributed by atoms with E-state index in [0.717, 1.165) is 0 Å². The Morgan fingerprint density at radius 3 is 1.26 bits per heavy atom. The summed E-state index contributed by atoms with van der Waals surface area (Å²) in [6.07, 6.45) is -32.7. The molecule has 4 heterocycles. The van der Waals surface area contributed by atoms with Gasteiger partial charge in [0.1, 0.15) is 97.7 Å². The molecule has 21 heteroatoms. The molecule has 0 aromatic carbocycles. The number of ether oxygens (including phenoxy) is 9. The van der Waals surface area contributed by atoms with Gasteiger partial charge < -0.3 is 104 Å². The highest BCUT2D eigenvalue weighted by atomic mass is 16.8. The Labute approximate surface area is 267 Å². The van der Waals surface area contributed by atoms with Gasteiger partial charge in [0.2, 0.25) is 0 Å². The first-order valence-corrected chi connectivity index (χ1v) is 14.9. The predicted octanol–water partition coefficient (Wildman–Crippen LogP) is -8.44. The molecular formula is C26H46O21. The Balaban J connectivity index is 1.57. The second-order valence-electron chi connectivity index (χ2n) is 11.6. The van der Waals surface area contributed by atoms with Gasteiger partial charge in [-0.1, -0.05) is 0 Å². The standard InChI is InChI=1S/C26H46O21/c1-39-19-7(3-27)43-24(16(35)12(19)31)41-6-10-22(47-25-17(36)13(32)20(40-2)8(4-28)44-25)14(33)18(37)26(45-10)46-21-9(5-29)42-23(38)15(34)11(21)30/h7-38H,3-6H2,1-2H3/t7?,8?,9?,10?,11-,12-,13-,14-,15?,16?,17?,18?,19-,20-,21-,22-,23+,24+,25-,26-/m1/s1. The molecule has 4 fully saturated rings. The van der Waals surface area contributed by atoms with Crippen LogP contribution in [0.4, 0.5) is 0 Å². The van der Waals surface area contributed by atoms with Crippen LogP contribution >= 0.6 is 0 Å². The number of rotatable bonds is 12. The number of aliphatic hydroxyl groups excluding tert-OH is 12. The Kier molecular flexibility index (Phi) is 14.0. The lowest BCUT2D eigenvalue weighted by molar-refractivity contribution is -0.383. The minimum atomic E-state index is -2.02. The average molecular weight is 695 g/mol. The molecule has 12 N–H and O–H groups in total. The maximum atomic E-state index is 11.2. The van der Waals surface area contributed by atoms with Crippen molar-refractivity contribution in [2.24, 2.45) is 0 Å². The highest BCUT2D eigenvalue weighted by Gasteiger charge is 2.54. The minimum Gasteiger partial charge on any atom is -0.394 e. The summed E-state index contributed by atoms with van der Waals surface area (Å²) >= 11 is 0.